The highest BCUT2D eigenvalue weighted by Crippen LogP contribution is 2.24. The number of aromatic nitrogens is 4. The fourth-order valence-electron chi connectivity index (χ4n) is 3.97. The number of ether oxygens (including phenoxy) is 1. The van der Waals surface area contributed by atoms with E-state index >= 15 is 0 Å². The van der Waals surface area contributed by atoms with Crippen LogP contribution in [0, 0.1) is 0 Å². The van der Waals surface area contributed by atoms with E-state index in [-0.39, 0.29) is 11.7 Å². The molecule has 10 heteroatoms. The number of rotatable bonds is 6. The molecule has 1 N–H and O–H groups in total. The molecule has 2 aliphatic heterocycles. The summed E-state index contributed by atoms with van der Waals surface area (Å²) in [5.74, 6) is 1.51. The van der Waals surface area contributed by atoms with Crippen molar-refractivity contribution in [1.82, 2.24) is 24.6 Å². The number of hydrogen-bond donors (Lipinski definition) is 1. The quantitative estimate of drug-likeness (QED) is 0.786. The van der Waals surface area contributed by atoms with Gasteiger partial charge in [0.15, 0.2) is 0 Å². The summed E-state index contributed by atoms with van der Waals surface area (Å²) < 4.78 is 33.3. The monoisotopic (exact) mass is 407 g/mol. The molecule has 0 bridgehead atoms. The molecule has 1 unspecified atom stereocenters. The second-order valence-electron chi connectivity index (χ2n) is 7.57. The standard InChI is InChI=1S/C19H27F2N7O/c1-26-11-14(17(25-26)18(20)21)12-27-6-2-3-15(13-27)23-16-4-5-22-19(24-16)28-7-9-29-10-8-28/h4-5,11,15,18H,2-3,6-10,12-13H2,1H3,(H,22,23,24). The van der Waals surface area contributed by atoms with Gasteiger partial charge in [-0.1, -0.05) is 0 Å². The molecule has 158 valence electrons. The topological polar surface area (TPSA) is 71.3 Å². The van der Waals surface area contributed by atoms with Gasteiger partial charge in [-0.15, -0.1) is 0 Å². The lowest BCUT2D eigenvalue weighted by molar-refractivity contribution is 0.122. The van der Waals surface area contributed by atoms with E-state index in [1.165, 1.54) is 4.68 Å². The Hall–Kier alpha value is -2.33. The maximum atomic E-state index is 13.2. The zero-order valence-electron chi connectivity index (χ0n) is 16.6. The van der Waals surface area contributed by atoms with Crippen LogP contribution in [0.25, 0.3) is 0 Å². The highest BCUT2D eigenvalue weighted by molar-refractivity contribution is 5.42. The summed E-state index contributed by atoms with van der Waals surface area (Å²) in [7, 11) is 1.68. The van der Waals surface area contributed by atoms with E-state index in [1.54, 1.807) is 19.4 Å². The van der Waals surface area contributed by atoms with Gasteiger partial charge >= 0.3 is 0 Å². The second kappa shape index (κ2) is 9.00. The lowest BCUT2D eigenvalue weighted by atomic mass is 10.0. The molecule has 2 saturated heterocycles. The Labute approximate surface area is 168 Å². The average molecular weight is 407 g/mol. The first-order valence-electron chi connectivity index (χ1n) is 10.0. The van der Waals surface area contributed by atoms with Crippen molar-refractivity contribution >= 4 is 11.8 Å². The summed E-state index contributed by atoms with van der Waals surface area (Å²) >= 11 is 0. The van der Waals surface area contributed by atoms with Crippen LogP contribution in [0.3, 0.4) is 0 Å². The van der Waals surface area contributed by atoms with Gasteiger partial charge in [-0.2, -0.15) is 10.1 Å². The first-order valence-corrected chi connectivity index (χ1v) is 10.0. The fraction of sp³-hybridized carbons (Fsp3) is 0.632. The maximum Gasteiger partial charge on any atom is 0.282 e. The Balaban J connectivity index is 1.38. The molecule has 0 radical (unpaired) electrons. The van der Waals surface area contributed by atoms with Crippen LogP contribution >= 0.6 is 0 Å². The summed E-state index contributed by atoms with van der Waals surface area (Å²) in [6, 6.07) is 2.08. The van der Waals surface area contributed by atoms with Crippen molar-refractivity contribution in [2.24, 2.45) is 7.05 Å². The number of alkyl halides is 2. The largest absolute Gasteiger partial charge is 0.378 e. The number of anilines is 2. The van der Waals surface area contributed by atoms with E-state index in [4.69, 9.17) is 4.74 Å². The van der Waals surface area contributed by atoms with Gasteiger partial charge in [-0.3, -0.25) is 9.58 Å². The van der Waals surface area contributed by atoms with Gasteiger partial charge in [0, 0.05) is 57.2 Å². The van der Waals surface area contributed by atoms with Gasteiger partial charge < -0.3 is 15.0 Å². The molecule has 2 aromatic heterocycles. The van der Waals surface area contributed by atoms with E-state index in [0.29, 0.717) is 31.3 Å². The van der Waals surface area contributed by atoms with Crippen LogP contribution in [0.15, 0.2) is 18.5 Å². The summed E-state index contributed by atoms with van der Waals surface area (Å²) in [4.78, 5) is 13.4. The number of nitrogens with zero attached hydrogens (tertiary/aromatic N) is 6. The highest BCUT2D eigenvalue weighted by Gasteiger charge is 2.24. The number of halogens is 2. The molecule has 0 saturated carbocycles. The van der Waals surface area contributed by atoms with E-state index in [1.807, 2.05) is 6.07 Å². The minimum Gasteiger partial charge on any atom is -0.378 e. The van der Waals surface area contributed by atoms with E-state index in [9.17, 15) is 8.78 Å². The van der Waals surface area contributed by atoms with Crippen molar-refractivity contribution in [2.45, 2.75) is 31.9 Å². The Morgan fingerprint density at radius 3 is 2.90 bits per heavy atom. The zero-order valence-corrected chi connectivity index (χ0v) is 16.6. The smallest absolute Gasteiger partial charge is 0.282 e. The molecule has 8 nitrogen and oxygen atoms in total. The van der Waals surface area contributed by atoms with Crippen molar-refractivity contribution < 1.29 is 13.5 Å². The number of piperidine rings is 1. The zero-order chi connectivity index (χ0) is 20.2. The van der Waals surface area contributed by atoms with Crippen molar-refractivity contribution in [1.29, 1.82) is 0 Å². The molecular formula is C19H27F2N7O. The van der Waals surface area contributed by atoms with Gasteiger partial charge in [-0.25, -0.2) is 13.8 Å². The molecule has 2 aromatic rings. The van der Waals surface area contributed by atoms with Gasteiger partial charge in [0.25, 0.3) is 6.43 Å². The molecule has 0 spiro atoms. The number of morpholine rings is 1. The van der Waals surface area contributed by atoms with Crippen molar-refractivity contribution in [3.8, 4) is 0 Å². The SMILES string of the molecule is Cn1cc(CN2CCCC(Nc3ccnc(N4CCOCC4)n3)C2)c(C(F)F)n1. The Morgan fingerprint density at radius 1 is 1.28 bits per heavy atom. The Kier molecular flexibility index (Phi) is 6.19. The van der Waals surface area contributed by atoms with Gasteiger partial charge in [0.1, 0.15) is 11.5 Å². The Morgan fingerprint density at radius 2 is 2.10 bits per heavy atom. The summed E-state index contributed by atoms with van der Waals surface area (Å²) in [6.45, 7) is 5.10. The first-order chi connectivity index (χ1) is 14.1. The van der Waals surface area contributed by atoms with Gasteiger partial charge in [-0.05, 0) is 25.5 Å². The van der Waals surface area contributed by atoms with Crippen LogP contribution in [0.1, 0.15) is 30.5 Å². The summed E-state index contributed by atoms with van der Waals surface area (Å²) in [5, 5.41) is 7.41. The summed E-state index contributed by atoms with van der Waals surface area (Å²) in [5.41, 5.74) is 0.480. The number of nitrogens with one attached hydrogen (secondary N) is 1. The Bertz CT molecular complexity index is 810. The predicted octanol–water partition coefficient (Wildman–Crippen LogP) is 2.06. The molecule has 2 aliphatic rings. The van der Waals surface area contributed by atoms with Crippen LogP contribution < -0.4 is 10.2 Å². The van der Waals surface area contributed by atoms with E-state index in [2.05, 4.69) is 30.2 Å². The summed E-state index contributed by atoms with van der Waals surface area (Å²) in [6.07, 6.45) is 2.93. The maximum absolute atomic E-state index is 13.2. The van der Waals surface area contributed by atoms with Crippen molar-refractivity contribution in [3.63, 3.8) is 0 Å². The third kappa shape index (κ3) is 4.99. The van der Waals surface area contributed by atoms with Crippen LogP contribution in [-0.4, -0.2) is 70.1 Å². The van der Waals surface area contributed by atoms with Gasteiger partial charge in [0.05, 0.1) is 13.2 Å². The highest BCUT2D eigenvalue weighted by atomic mass is 19.3. The predicted molar refractivity (Wildman–Crippen MR) is 105 cm³/mol. The molecular weight excluding hydrogens is 380 g/mol. The molecule has 29 heavy (non-hydrogen) atoms. The third-order valence-electron chi connectivity index (χ3n) is 5.33. The molecule has 0 amide bonds. The molecule has 0 aliphatic carbocycles. The van der Waals surface area contributed by atoms with E-state index in [0.717, 1.165) is 44.8 Å². The van der Waals surface area contributed by atoms with Crippen LogP contribution in [0.4, 0.5) is 20.5 Å². The molecule has 2 fully saturated rings. The van der Waals surface area contributed by atoms with Crippen LogP contribution in [0.5, 0.6) is 0 Å². The average Bonchev–Trinajstić information content (AvgIpc) is 3.09. The lowest BCUT2D eigenvalue weighted by Crippen LogP contribution is -2.42. The van der Waals surface area contributed by atoms with E-state index < -0.39 is 6.43 Å². The molecule has 1 atom stereocenters. The number of hydrogen-bond acceptors (Lipinski definition) is 7. The molecule has 0 aromatic carbocycles. The molecule has 4 heterocycles. The van der Waals surface area contributed by atoms with Gasteiger partial charge in [0.2, 0.25) is 5.95 Å². The minimum atomic E-state index is -2.55. The van der Waals surface area contributed by atoms with Crippen LogP contribution in [0.2, 0.25) is 0 Å². The number of likely N-dealkylation sites (tertiary alicyclic amines) is 1. The minimum absolute atomic E-state index is 0.117. The van der Waals surface area contributed by atoms with Crippen molar-refractivity contribution in [2.75, 3.05) is 49.6 Å². The first kappa shape index (κ1) is 20.0. The molecule has 4 rings (SSSR count). The lowest BCUT2D eigenvalue weighted by Gasteiger charge is -2.33. The van der Waals surface area contributed by atoms with Crippen LogP contribution in [-0.2, 0) is 18.3 Å². The number of aryl methyl sites for hydroxylation is 1. The second-order valence-corrected chi connectivity index (χ2v) is 7.57. The normalized spacial score (nSPS) is 21.0. The third-order valence-corrected chi connectivity index (χ3v) is 5.33. The fourth-order valence-corrected chi connectivity index (χ4v) is 3.97. The van der Waals surface area contributed by atoms with Crippen molar-refractivity contribution in [3.05, 3.63) is 29.7 Å².